The molecule has 1 aliphatic rings. The van der Waals surface area contributed by atoms with Gasteiger partial charge < -0.3 is 19.8 Å². The molecule has 0 unspecified atom stereocenters. The van der Waals surface area contributed by atoms with Gasteiger partial charge in [0.1, 0.15) is 23.4 Å². The van der Waals surface area contributed by atoms with Crippen LogP contribution in [0.2, 0.25) is 0 Å². The van der Waals surface area contributed by atoms with Crippen molar-refractivity contribution in [2.24, 2.45) is 0 Å². The first-order chi connectivity index (χ1) is 17.4. The normalized spacial score (nSPS) is 17.2. The van der Waals surface area contributed by atoms with E-state index in [-0.39, 0.29) is 17.6 Å². The number of fused-ring (bicyclic) bond motifs is 2. The second-order valence-electron chi connectivity index (χ2n) is 8.92. The first kappa shape index (κ1) is 24.1. The molecular weight excluding hydrogens is 472 g/mol. The second kappa shape index (κ2) is 10.2. The smallest absolute Gasteiger partial charge is 0.406 e. The molecule has 1 aromatic carbocycles. The van der Waals surface area contributed by atoms with Gasteiger partial charge in [-0.05, 0) is 31.5 Å². The number of halogens is 2. The van der Waals surface area contributed by atoms with Crippen LogP contribution >= 0.6 is 0 Å². The summed E-state index contributed by atoms with van der Waals surface area (Å²) < 4.78 is 39.8. The predicted octanol–water partition coefficient (Wildman–Crippen LogP) is 3.28. The molecule has 1 amide bonds. The summed E-state index contributed by atoms with van der Waals surface area (Å²) in [5.74, 6) is -0.164. The van der Waals surface area contributed by atoms with Crippen molar-refractivity contribution >= 4 is 28.2 Å². The number of carbonyl (C=O) groups is 1. The van der Waals surface area contributed by atoms with Gasteiger partial charge in [0.25, 0.3) is 0 Å². The van der Waals surface area contributed by atoms with E-state index in [1.807, 2.05) is 4.90 Å². The van der Waals surface area contributed by atoms with Gasteiger partial charge in [-0.3, -0.25) is 9.58 Å². The number of aromatic nitrogens is 5. The molecule has 36 heavy (non-hydrogen) atoms. The molecule has 0 bridgehead atoms. The van der Waals surface area contributed by atoms with Gasteiger partial charge in [-0.2, -0.15) is 5.10 Å². The van der Waals surface area contributed by atoms with Gasteiger partial charge in [0.15, 0.2) is 16.9 Å². The second-order valence-corrected chi connectivity index (χ2v) is 8.92. The topological polar surface area (TPSA) is 110 Å². The molecule has 1 fully saturated rings. The number of benzene rings is 1. The minimum absolute atomic E-state index is 0.214. The fourth-order valence-electron chi connectivity index (χ4n) is 4.41. The van der Waals surface area contributed by atoms with Crippen LogP contribution in [-0.2, 0) is 11.3 Å². The SMILES string of the molecule is COC[C@H](C)NC(=O)Oc1c[nH]c2ncc(-c3nn(CCN4CC[C@H](F)C4)c4cc(F)ccc34)nc12. The van der Waals surface area contributed by atoms with Gasteiger partial charge in [0.05, 0.1) is 30.9 Å². The van der Waals surface area contributed by atoms with E-state index in [9.17, 15) is 13.6 Å². The van der Waals surface area contributed by atoms with Crippen molar-refractivity contribution in [2.45, 2.75) is 32.1 Å². The molecule has 0 radical (unpaired) electrons. The lowest BCUT2D eigenvalue weighted by molar-refractivity contribution is 0.159. The number of methoxy groups -OCH3 is 1. The Hall–Kier alpha value is -3.64. The molecular formula is C24H27F2N7O3. The average Bonchev–Trinajstić information content (AvgIpc) is 3.54. The molecule has 5 rings (SSSR count). The van der Waals surface area contributed by atoms with Crippen LogP contribution in [0.25, 0.3) is 33.5 Å². The highest BCUT2D eigenvalue weighted by Gasteiger charge is 2.23. The van der Waals surface area contributed by atoms with E-state index in [0.717, 1.165) is 0 Å². The summed E-state index contributed by atoms with van der Waals surface area (Å²) >= 11 is 0. The van der Waals surface area contributed by atoms with Gasteiger partial charge in [-0.25, -0.2) is 23.5 Å². The lowest BCUT2D eigenvalue weighted by Gasteiger charge is -2.14. The highest BCUT2D eigenvalue weighted by atomic mass is 19.1. The molecule has 12 heteroatoms. The number of H-pyrrole nitrogens is 1. The summed E-state index contributed by atoms with van der Waals surface area (Å²) in [6, 6.07) is 4.22. The minimum Gasteiger partial charge on any atom is -0.406 e. The zero-order valence-corrected chi connectivity index (χ0v) is 20.0. The molecule has 4 aromatic rings. The molecule has 4 heterocycles. The van der Waals surface area contributed by atoms with Crippen LogP contribution in [-0.4, -0.2) is 81.3 Å². The van der Waals surface area contributed by atoms with Crippen LogP contribution in [0.15, 0.2) is 30.6 Å². The third kappa shape index (κ3) is 5.00. The number of carbonyl (C=O) groups excluding carboxylic acids is 1. The molecule has 2 atom stereocenters. The van der Waals surface area contributed by atoms with Crippen molar-refractivity contribution in [3.63, 3.8) is 0 Å². The number of alkyl halides is 1. The highest BCUT2D eigenvalue weighted by Crippen LogP contribution is 2.30. The van der Waals surface area contributed by atoms with E-state index in [1.165, 1.54) is 18.3 Å². The van der Waals surface area contributed by atoms with Crippen molar-refractivity contribution in [1.29, 1.82) is 0 Å². The number of ether oxygens (including phenoxy) is 2. The van der Waals surface area contributed by atoms with Gasteiger partial charge >= 0.3 is 6.09 Å². The van der Waals surface area contributed by atoms with Gasteiger partial charge in [-0.1, -0.05) is 0 Å². The van der Waals surface area contributed by atoms with E-state index >= 15 is 0 Å². The van der Waals surface area contributed by atoms with Crippen molar-refractivity contribution in [1.82, 2.24) is 34.9 Å². The zero-order chi connectivity index (χ0) is 25.2. The first-order valence-corrected chi connectivity index (χ1v) is 11.8. The summed E-state index contributed by atoms with van der Waals surface area (Å²) in [5.41, 5.74) is 2.38. The van der Waals surface area contributed by atoms with Crippen LogP contribution in [0.3, 0.4) is 0 Å². The fourth-order valence-corrected chi connectivity index (χ4v) is 4.41. The number of aromatic amines is 1. The maximum absolute atomic E-state index is 14.1. The van der Waals surface area contributed by atoms with Gasteiger partial charge in [0, 0.05) is 38.3 Å². The molecule has 1 saturated heterocycles. The van der Waals surface area contributed by atoms with Crippen molar-refractivity contribution in [2.75, 3.05) is 33.4 Å². The Morgan fingerprint density at radius 3 is 3.00 bits per heavy atom. The van der Waals surface area contributed by atoms with E-state index in [1.54, 1.807) is 31.0 Å². The number of nitrogens with one attached hydrogen (secondary N) is 2. The largest absolute Gasteiger partial charge is 0.413 e. The third-order valence-electron chi connectivity index (χ3n) is 6.13. The quantitative estimate of drug-likeness (QED) is 0.383. The molecule has 0 aliphatic carbocycles. The van der Waals surface area contributed by atoms with Crippen LogP contribution in [0.5, 0.6) is 5.75 Å². The lowest BCUT2D eigenvalue weighted by atomic mass is 10.1. The van der Waals surface area contributed by atoms with Crippen LogP contribution in [0, 0.1) is 5.82 Å². The molecule has 3 aromatic heterocycles. The van der Waals surface area contributed by atoms with Crippen molar-refractivity contribution in [3.05, 3.63) is 36.4 Å². The van der Waals surface area contributed by atoms with Crippen LogP contribution in [0.1, 0.15) is 13.3 Å². The molecule has 1 aliphatic heterocycles. The maximum atomic E-state index is 14.1. The Labute approximate surface area is 205 Å². The third-order valence-corrected chi connectivity index (χ3v) is 6.13. The maximum Gasteiger partial charge on any atom is 0.413 e. The highest BCUT2D eigenvalue weighted by molar-refractivity contribution is 5.93. The zero-order valence-electron chi connectivity index (χ0n) is 20.0. The molecule has 190 valence electrons. The van der Waals surface area contributed by atoms with E-state index in [4.69, 9.17) is 14.6 Å². The number of rotatable bonds is 8. The minimum atomic E-state index is -0.808. The monoisotopic (exact) mass is 499 g/mol. The van der Waals surface area contributed by atoms with E-state index < -0.39 is 12.3 Å². The standard InChI is InChI=1S/C24H27F2N7O3/c1-14(13-35-2)29-24(34)36-20-11-28-23-22(20)30-18(10-27-23)21-17-4-3-15(25)9-19(17)33(31-21)8-7-32-6-5-16(26)12-32/h3-4,9-11,14,16H,5-8,12-13H2,1-2H3,(H,27,28)(H,29,34)/t14-,16-/m0/s1. The number of likely N-dealkylation sites (tertiary alicyclic amines) is 1. The Bertz CT molecular complexity index is 1390. The number of hydrogen-bond acceptors (Lipinski definition) is 7. The molecule has 10 nitrogen and oxygen atoms in total. The molecule has 2 N–H and O–H groups in total. The number of nitrogens with zero attached hydrogens (tertiary/aromatic N) is 5. The average molecular weight is 500 g/mol. The van der Waals surface area contributed by atoms with E-state index in [0.29, 0.717) is 72.7 Å². The van der Waals surface area contributed by atoms with Crippen LogP contribution < -0.4 is 10.1 Å². The van der Waals surface area contributed by atoms with Crippen molar-refractivity contribution in [3.8, 4) is 17.1 Å². The molecule has 0 spiro atoms. The van der Waals surface area contributed by atoms with Gasteiger partial charge in [0.2, 0.25) is 0 Å². The lowest BCUT2D eigenvalue weighted by Crippen LogP contribution is -2.37. The summed E-state index contributed by atoms with van der Waals surface area (Å²) in [5, 5.41) is 8.09. The summed E-state index contributed by atoms with van der Waals surface area (Å²) in [4.78, 5) is 26.3. The Morgan fingerprint density at radius 1 is 1.36 bits per heavy atom. The van der Waals surface area contributed by atoms with E-state index in [2.05, 4.69) is 20.3 Å². The Morgan fingerprint density at radius 2 is 2.22 bits per heavy atom. The van der Waals surface area contributed by atoms with Gasteiger partial charge in [-0.15, -0.1) is 0 Å². The summed E-state index contributed by atoms with van der Waals surface area (Å²) in [7, 11) is 1.55. The predicted molar refractivity (Wildman–Crippen MR) is 129 cm³/mol. The Kier molecular flexibility index (Phi) is 6.79. The first-order valence-electron chi connectivity index (χ1n) is 11.8. The molecule has 0 saturated carbocycles. The number of amides is 1. The summed E-state index contributed by atoms with van der Waals surface area (Å²) in [6.07, 6.45) is 2.15. The van der Waals surface area contributed by atoms with Crippen LogP contribution in [0.4, 0.5) is 13.6 Å². The van der Waals surface area contributed by atoms with Crippen molar-refractivity contribution < 1.29 is 23.0 Å². The Balaban J connectivity index is 1.44. The fraction of sp³-hybridized carbons (Fsp3) is 0.417. The summed E-state index contributed by atoms with van der Waals surface area (Å²) in [6.45, 7) is 4.30. The number of hydrogen-bond donors (Lipinski definition) is 2.